The Balaban J connectivity index is 1.37. The first-order chi connectivity index (χ1) is 15.1. The van der Waals surface area contributed by atoms with Crippen LogP contribution in [0.25, 0.3) is 11.0 Å². The SMILES string of the molecule is Cc1ccc(Cc2c(C)nc(C)nc2N2CCC(c3nc4ccccc4[nH]3)CC2)cc1. The van der Waals surface area contributed by atoms with Crippen LogP contribution in [0.4, 0.5) is 5.82 Å². The van der Waals surface area contributed by atoms with Crippen molar-refractivity contribution >= 4 is 16.9 Å². The van der Waals surface area contributed by atoms with Crippen LogP contribution in [0.1, 0.15) is 52.8 Å². The van der Waals surface area contributed by atoms with Gasteiger partial charge < -0.3 is 9.88 Å². The normalized spacial score (nSPS) is 15.0. The van der Waals surface area contributed by atoms with E-state index in [1.165, 1.54) is 16.7 Å². The molecule has 0 radical (unpaired) electrons. The zero-order chi connectivity index (χ0) is 21.4. The van der Waals surface area contributed by atoms with Gasteiger partial charge in [-0.3, -0.25) is 0 Å². The average molecular weight is 412 g/mol. The lowest BCUT2D eigenvalue weighted by Gasteiger charge is -2.33. The Labute approximate surface area is 183 Å². The number of hydrogen-bond acceptors (Lipinski definition) is 4. The zero-order valence-electron chi connectivity index (χ0n) is 18.5. The molecule has 0 amide bonds. The summed E-state index contributed by atoms with van der Waals surface area (Å²) in [5.41, 5.74) is 7.11. The number of anilines is 1. The number of hydrogen-bond donors (Lipinski definition) is 1. The highest BCUT2D eigenvalue weighted by Crippen LogP contribution is 2.32. The second kappa shape index (κ2) is 8.14. The van der Waals surface area contributed by atoms with Crippen molar-refractivity contribution in [3.05, 3.63) is 82.6 Å². The zero-order valence-corrected chi connectivity index (χ0v) is 18.5. The fourth-order valence-corrected chi connectivity index (χ4v) is 4.63. The number of nitrogens with zero attached hydrogens (tertiary/aromatic N) is 4. The Morgan fingerprint density at radius 1 is 0.903 bits per heavy atom. The van der Waals surface area contributed by atoms with Crippen molar-refractivity contribution in [3.63, 3.8) is 0 Å². The lowest BCUT2D eigenvalue weighted by molar-refractivity contribution is 0.486. The summed E-state index contributed by atoms with van der Waals surface area (Å²) in [7, 11) is 0. The molecule has 0 saturated carbocycles. The number of H-pyrrole nitrogens is 1. The molecule has 4 aromatic rings. The summed E-state index contributed by atoms with van der Waals surface area (Å²) in [4.78, 5) is 20.4. The van der Waals surface area contributed by atoms with Crippen molar-refractivity contribution in [3.8, 4) is 0 Å². The van der Waals surface area contributed by atoms with E-state index in [1.54, 1.807) is 0 Å². The predicted molar refractivity (Wildman–Crippen MR) is 126 cm³/mol. The Bertz CT molecular complexity index is 1170. The van der Waals surface area contributed by atoms with E-state index < -0.39 is 0 Å². The van der Waals surface area contributed by atoms with Crippen molar-refractivity contribution in [2.45, 2.75) is 46.0 Å². The monoisotopic (exact) mass is 411 g/mol. The summed E-state index contributed by atoms with van der Waals surface area (Å²) in [6, 6.07) is 17.1. The summed E-state index contributed by atoms with van der Waals surface area (Å²) in [5.74, 6) is 3.54. The molecule has 5 nitrogen and oxygen atoms in total. The fourth-order valence-electron chi connectivity index (χ4n) is 4.63. The van der Waals surface area contributed by atoms with Gasteiger partial charge in [0.05, 0.1) is 11.0 Å². The van der Waals surface area contributed by atoms with E-state index >= 15 is 0 Å². The lowest BCUT2D eigenvalue weighted by atomic mass is 9.95. The van der Waals surface area contributed by atoms with Gasteiger partial charge in [0.2, 0.25) is 0 Å². The number of para-hydroxylation sites is 2. The Kier molecular flexibility index (Phi) is 5.18. The summed E-state index contributed by atoms with van der Waals surface area (Å²) in [6.45, 7) is 8.20. The van der Waals surface area contributed by atoms with Crippen LogP contribution in [0, 0.1) is 20.8 Å². The molecule has 1 N–H and O–H groups in total. The van der Waals surface area contributed by atoms with Crippen LogP contribution in [0.15, 0.2) is 48.5 Å². The van der Waals surface area contributed by atoms with Gasteiger partial charge in [-0.2, -0.15) is 0 Å². The fraction of sp³-hybridized carbons (Fsp3) is 0.346. The Hall–Kier alpha value is -3.21. The molecule has 5 rings (SSSR count). The second-order valence-electron chi connectivity index (χ2n) is 8.72. The first kappa shape index (κ1) is 19.7. The van der Waals surface area contributed by atoms with E-state index in [2.05, 4.69) is 71.2 Å². The molecule has 5 heteroatoms. The molecule has 0 aliphatic carbocycles. The highest BCUT2D eigenvalue weighted by molar-refractivity contribution is 5.74. The first-order valence-electron chi connectivity index (χ1n) is 11.2. The minimum Gasteiger partial charge on any atom is -0.356 e. The van der Waals surface area contributed by atoms with Crippen LogP contribution in [-0.4, -0.2) is 33.0 Å². The van der Waals surface area contributed by atoms with Gasteiger partial charge in [0.1, 0.15) is 17.5 Å². The van der Waals surface area contributed by atoms with Gasteiger partial charge in [-0.15, -0.1) is 0 Å². The number of nitrogens with one attached hydrogen (secondary N) is 1. The third-order valence-electron chi connectivity index (χ3n) is 6.39. The van der Waals surface area contributed by atoms with Crippen molar-refractivity contribution < 1.29 is 0 Å². The molecule has 2 aromatic heterocycles. The largest absolute Gasteiger partial charge is 0.356 e. The van der Waals surface area contributed by atoms with Gasteiger partial charge in [0.25, 0.3) is 0 Å². The minimum atomic E-state index is 0.466. The summed E-state index contributed by atoms with van der Waals surface area (Å²) in [6.07, 6.45) is 3.02. The molecule has 0 bridgehead atoms. The number of aromatic nitrogens is 4. The maximum absolute atomic E-state index is 4.90. The van der Waals surface area contributed by atoms with Gasteiger partial charge in [-0.1, -0.05) is 42.0 Å². The van der Waals surface area contributed by atoms with E-state index in [1.807, 2.05) is 13.0 Å². The van der Waals surface area contributed by atoms with E-state index in [-0.39, 0.29) is 0 Å². The van der Waals surface area contributed by atoms with Crippen molar-refractivity contribution in [2.75, 3.05) is 18.0 Å². The molecular weight excluding hydrogens is 382 g/mol. The summed E-state index contributed by atoms with van der Waals surface area (Å²) < 4.78 is 0. The highest BCUT2D eigenvalue weighted by atomic mass is 15.2. The molecule has 1 saturated heterocycles. The van der Waals surface area contributed by atoms with Gasteiger partial charge in [-0.05, 0) is 51.3 Å². The van der Waals surface area contributed by atoms with Gasteiger partial charge >= 0.3 is 0 Å². The second-order valence-corrected chi connectivity index (χ2v) is 8.72. The minimum absolute atomic E-state index is 0.466. The quantitative estimate of drug-likeness (QED) is 0.498. The van der Waals surface area contributed by atoms with E-state index in [0.717, 1.165) is 66.5 Å². The summed E-state index contributed by atoms with van der Waals surface area (Å²) >= 11 is 0. The third kappa shape index (κ3) is 4.05. The van der Waals surface area contributed by atoms with Crippen molar-refractivity contribution in [2.24, 2.45) is 0 Å². The molecule has 1 aliphatic heterocycles. The highest BCUT2D eigenvalue weighted by Gasteiger charge is 2.26. The van der Waals surface area contributed by atoms with E-state index in [9.17, 15) is 0 Å². The number of benzene rings is 2. The first-order valence-corrected chi connectivity index (χ1v) is 11.2. The molecule has 31 heavy (non-hydrogen) atoms. The van der Waals surface area contributed by atoms with Crippen LogP contribution in [0.2, 0.25) is 0 Å². The third-order valence-corrected chi connectivity index (χ3v) is 6.39. The van der Waals surface area contributed by atoms with Crippen molar-refractivity contribution in [1.82, 2.24) is 19.9 Å². The molecule has 0 atom stereocenters. The number of piperidine rings is 1. The summed E-state index contributed by atoms with van der Waals surface area (Å²) in [5, 5.41) is 0. The van der Waals surface area contributed by atoms with Crippen LogP contribution >= 0.6 is 0 Å². The number of aromatic amines is 1. The lowest BCUT2D eigenvalue weighted by Crippen LogP contribution is -2.35. The van der Waals surface area contributed by atoms with Crippen LogP contribution in [0.3, 0.4) is 0 Å². The van der Waals surface area contributed by atoms with Crippen molar-refractivity contribution in [1.29, 1.82) is 0 Å². The van der Waals surface area contributed by atoms with Gasteiger partial charge in [0, 0.05) is 36.7 Å². The standard InChI is InChI=1S/C26H29N5/c1-17-8-10-20(11-9-17)16-22-18(2)27-19(3)28-26(22)31-14-12-21(13-15-31)25-29-23-6-4-5-7-24(23)30-25/h4-11,21H,12-16H2,1-3H3,(H,29,30). The topological polar surface area (TPSA) is 57.7 Å². The predicted octanol–water partition coefficient (Wildman–Crippen LogP) is 5.25. The van der Waals surface area contributed by atoms with E-state index in [0.29, 0.717) is 5.92 Å². The van der Waals surface area contributed by atoms with E-state index in [4.69, 9.17) is 9.97 Å². The maximum atomic E-state index is 4.90. The molecular formula is C26H29N5. The molecule has 0 unspecified atom stereocenters. The molecule has 0 spiro atoms. The molecule has 1 fully saturated rings. The molecule has 158 valence electrons. The molecule has 2 aromatic carbocycles. The van der Waals surface area contributed by atoms with Gasteiger partial charge in [0.15, 0.2) is 0 Å². The van der Waals surface area contributed by atoms with Crippen LogP contribution in [-0.2, 0) is 6.42 Å². The number of aryl methyl sites for hydroxylation is 3. The average Bonchev–Trinajstić information content (AvgIpc) is 3.21. The van der Waals surface area contributed by atoms with Gasteiger partial charge in [-0.25, -0.2) is 15.0 Å². The van der Waals surface area contributed by atoms with Crippen LogP contribution in [0.5, 0.6) is 0 Å². The molecule has 1 aliphatic rings. The smallest absolute Gasteiger partial charge is 0.136 e. The number of fused-ring (bicyclic) bond motifs is 1. The maximum Gasteiger partial charge on any atom is 0.136 e. The number of rotatable bonds is 4. The Morgan fingerprint density at radius 2 is 1.65 bits per heavy atom. The van der Waals surface area contributed by atoms with Crippen LogP contribution < -0.4 is 4.90 Å². The molecule has 3 heterocycles. The number of imidazole rings is 1. The Morgan fingerprint density at radius 3 is 2.39 bits per heavy atom.